The number of benzene rings is 1. The van der Waals surface area contributed by atoms with Crippen LogP contribution in [-0.4, -0.2) is 37.3 Å². The van der Waals surface area contributed by atoms with Crippen LogP contribution in [0, 0.1) is 6.92 Å². The number of nitrogens with one attached hydrogen (secondary N) is 2. The van der Waals surface area contributed by atoms with Gasteiger partial charge >= 0.3 is 0 Å². The average molecular weight is 570 g/mol. The van der Waals surface area contributed by atoms with E-state index in [0.717, 1.165) is 34.0 Å². The first kappa shape index (κ1) is 26.1. The Balaban J connectivity index is 0.00000363. The van der Waals surface area contributed by atoms with Crippen molar-refractivity contribution in [2.24, 2.45) is 4.99 Å². The molecule has 0 atom stereocenters. The first-order chi connectivity index (χ1) is 15.2. The molecule has 2 N–H and O–H groups in total. The molecule has 2 aromatic heterocycles. The first-order valence-electron chi connectivity index (χ1n) is 10.5. The number of halogens is 1. The number of oxazole rings is 1. The minimum absolute atomic E-state index is 0. The second kappa shape index (κ2) is 14.1. The molecule has 7 nitrogen and oxygen atoms in total. The Morgan fingerprint density at radius 3 is 2.81 bits per heavy atom. The minimum atomic E-state index is 0. The predicted octanol–water partition coefficient (Wildman–Crippen LogP) is 5.00. The molecule has 3 rings (SSSR count). The lowest BCUT2D eigenvalue weighted by molar-refractivity contribution is 0.110. The van der Waals surface area contributed by atoms with Gasteiger partial charge in [0.25, 0.3) is 0 Å². The Hall–Kier alpha value is -2.11. The Labute approximate surface area is 210 Å². The van der Waals surface area contributed by atoms with Gasteiger partial charge in [-0.2, -0.15) is 0 Å². The van der Waals surface area contributed by atoms with Crippen LogP contribution < -0.4 is 15.4 Å². The number of guanidine groups is 1. The van der Waals surface area contributed by atoms with Crippen LogP contribution in [0.5, 0.6) is 5.75 Å². The third kappa shape index (κ3) is 8.10. The highest BCUT2D eigenvalue weighted by atomic mass is 127. The summed E-state index contributed by atoms with van der Waals surface area (Å²) in [5.41, 5.74) is 3.00. The van der Waals surface area contributed by atoms with Gasteiger partial charge in [0.15, 0.2) is 5.96 Å². The number of nitrogens with zero attached hydrogens (tertiary/aromatic N) is 2. The fourth-order valence-electron chi connectivity index (χ4n) is 2.86. The number of ether oxygens (including phenoxy) is 2. The van der Waals surface area contributed by atoms with Crippen LogP contribution in [0.15, 0.2) is 51.4 Å². The van der Waals surface area contributed by atoms with E-state index in [-0.39, 0.29) is 24.0 Å². The molecule has 0 fully saturated rings. The summed E-state index contributed by atoms with van der Waals surface area (Å²) in [7, 11) is 0. The molecule has 0 aliphatic rings. The summed E-state index contributed by atoms with van der Waals surface area (Å²) >= 11 is 1.61. The molecule has 0 aliphatic heterocycles. The third-order valence-electron chi connectivity index (χ3n) is 4.38. The number of aryl methyl sites for hydroxylation is 1. The topological polar surface area (TPSA) is 80.9 Å². The van der Waals surface area contributed by atoms with Crippen LogP contribution in [0.1, 0.15) is 30.7 Å². The summed E-state index contributed by atoms with van der Waals surface area (Å²) in [6.07, 6.45) is 1.68. The molecule has 0 aliphatic carbocycles. The molecule has 0 spiro atoms. The highest BCUT2D eigenvalue weighted by Gasteiger charge is 2.09. The first-order valence-corrected chi connectivity index (χ1v) is 11.4. The van der Waals surface area contributed by atoms with Crippen molar-refractivity contribution in [1.29, 1.82) is 0 Å². The van der Waals surface area contributed by atoms with E-state index in [1.54, 1.807) is 17.6 Å². The van der Waals surface area contributed by atoms with Crippen molar-refractivity contribution in [3.63, 3.8) is 0 Å². The summed E-state index contributed by atoms with van der Waals surface area (Å²) in [5.74, 6) is 2.20. The maximum atomic E-state index is 5.92. The van der Waals surface area contributed by atoms with E-state index in [2.05, 4.69) is 34.7 Å². The zero-order valence-corrected chi connectivity index (χ0v) is 21.9. The van der Waals surface area contributed by atoms with Crippen LogP contribution in [0.3, 0.4) is 0 Å². The summed E-state index contributed by atoms with van der Waals surface area (Å²) < 4.78 is 16.9. The maximum absolute atomic E-state index is 5.92. The van der Waals surface area contributed by atoms with Crippen molar-refractivity contribution in [2.45, 2.75) is 33.9 Å². The second-order valence-corrected chi connectivity index (χ2v) is 7.77. The standard InChI is InChI=1S/C23H30N4O3S.HI/c1-4-24-23(26-15-19-16-30-22(27-19)21-7-6-12-31-21)25-14-18-9-8-17(3)13-20(18)29-11-10-28-5-2;/h6-9,12-13,16H,4-5,10-11,14-15H2,1-3H3,(H2,24,25,26);1H. The van der Waals surface area contributed by atoms with E-state index in [1.165, 1.54) is 0 Å². The van der Waals surface area contributed by atoms with E-state index in [4.69, 9.17) is 18.9 Å². The van der Waals surface area contributed by atoms with Gasteiger partial charge in [0.05, 0.1) is 30.3 Å². The van der Waals surface area contributed by atoms with Crippen LogP contribution in [0.4, 0.5) is 0 Å². The molecule has 0 amide bonds. The monoisotopic (exact) mass is 570 g/mol. The SMILES string of the molecule is CCNC(=NCc1ccc(C)cc1OCCOCC)NCc1coc(-c2cccs2)n1.I. The summed E-state index contributed by atoms with van der Waals surface area (Å²) in [5, 5.41) is 8.59. The highest BCUT2D eigenvalue weighted by Crippen LogP contribution is 2.24. The van der Waals surface area contributed by atoms with E-state index in [9.17, 15) is 0 Å². The molecule has 0 unspecified atom stereocenters. The molecule has 2 heterocycles. The van der Waals surface area contributed by atoms with E-state index in [1.807, 2.05) is 37.4 Å². The lowest BCUT2D eigenvalue weighted by Crippen LogP contribution is -2.36. The molecule has 0 bridgehead atoms. The molecule has 0 radical (unpaired) electrons. The zero-order chi connectivity index (χ0) is 21.9. The smallest absolute Gasteiger partial charge is 0.236 e. The van der Waals surface area contributed by atoms with Crippen molar-refractivity contribution in [3.8, 4) is 16.5 Å². The normalized spacial score (nSPS) is 11.2. The quantitative estimate of drug-likeness (QED) is 0.146. The van der Waals surface area contributed by atoms with Crippen molar-refractivity contribution in [3.05, 3.63) is 58.8 Å². The zero-order valence-electron chi connectivity index (χ0n) is 18.7. The summed E-state index contributed by atoms with van der Waals surface area (Å²) in [4.78, 5) is 10.3. The second-order valence-electron chi connectivity index (χ2n) is 6.83. The van der Waals surface area contributed by atoms with E-state index < -0.39 is 0 Å². The number of rotatable bonds is 11. The van der Waals surface area contributed by atoms with Gasteiger partial charge in [-0.05, 0) is 43.8 Å². The fraction of sp³-hybridized carbons (Fsp3) is 0.391. The van der Waals surface area contributed by atoms with Gasteiger partial charge in [-0.25, -0.2) is 9.98 Å². The third-order valence-corrected chi connectivity index (χ3v) is 5.24. The van der Waals surface area contributed by atoms with Crippen LogP contribution >= 0.6 is 35.3 Å². The Morgan fingerprint density at radius 1 is 1.19 bits per heavy atom. The van der Waals surface area contributed by atoms with Crippen molar-refractivity contribution in [1.82, 2.24) is 15.6 Å². The van der Waals surface area contributed by atoms with Crippen LogP contribution in [0.2, 0.25) is 0 Å². The molecule has 0 saturated carbocycles. The average Bonchev–Trinajstić information content (AvgIpc) is 3.46. The van der Waals surface area contributed by atoms with Crippen LogP contribution in [-0.2, 0) is 17.8 Å². The number of thiophene rings is 1. The van der Waals surface area contributed by atoms with Crippen molar-refractivity contribution < 1.29 is 13.9 Å². The fourth-order valence-corrected chi connectivity index (χ4v) is 3.52. The molecular formula is C23H31IN4O3S. The largest absolute Gasteiger partial charge is 0.491 e. The predicted molar refractivity (Wildman–Crippen MR) is 140 cm³/mol. The molecule has 3 aromatic rings. The van der Waals surface area contributed by atoms with Gasteiger partial charge in [0.1, 0.15) is 18.6 Å². The number of aromatic nitrogens is 1. The highest BCUT2D eigenvalue weighted by molar-refractivity contribution is 14.0. The summed E-state index contributed by atoms with van der Waals surface area (Å²) in [6, 6.07) is 10.1. The molecular weight excluding hydrogens is 539 g/mol. The summed E-state index contributed by atoms with van der Waals surface area (Å²) in [6.45, 7) is 9.62. The van der Waals surface area contributed by atoms with Gasteiger partial charge in [0, 0.05) is 18.7 Å². The van der Waals surface area contributed by atoms with Gasteiger partial charge < -0.3 is 24.5 Å². The number of hydrogen-bond donors (Lipinski definition) is 2. The van der Waals surface area contributed by atoms with E-state index >= 15 is 0 Å². The van der Waals surface area contributed by atoms with Gasteiger partial charge in [-0.3, -0.25) is 0 Å². The van der Waals surface area contributed by atoms with E-state index in [0.29, 0.717) is 44.8 Å². The maximum Gasteiger partial charge on any atom is 0.236 e. The molecule has 1 aromatic carbocycles. The lowest BCUT2D eigenvalue weighted by atomic mass is 10.1. The molecule has 9 heteroatoms. The Kier molecular flexibility index (Phi) is 11.5. The molecule has 0 saturated heterocycles. The van der Waals surface area contributed by atoms with Gasteiger partial charge in [-0.1, -0.05) is 18.2 Å². The van der Waals surface area contributed by atoms with Crippen molar-refractivity contribution in [2.75, 3.05) is 26.4 Å². The molecule has 174 valence electrons. The van der Waals surface area contributed by atoms with Crippen molar-refractivity contribution >= 4 is 41.3 Å². The number of hydrogen-bond acceptors (Lipinski definition) is 6. The Morgan fingerprint density at radius 2 is 2.06 bits per heavy atom. The lowest BCUT2D eigenvalue weighted by Gasteiger charge is -2.13. The Bertz CT molecular complexity index is 960. The molecule has 32 heavy (non-hydrogen) atoms. The van der Waals surface area contributed by atoms with Gasteiger partial charge in [-0.15, -0.1) is 35.3 Å². The van der Waals surface area contributed by atoms with Gasteiger partial charge in [0.2, 0.25) is 5.89 Å². The van der Waals surface area contributed by atoms with Crippen LogP contribution in [0.25, 0.3) is 10.8 Å². The number of aliphatic imine (C=N–C) groups is 1. The minimum Gasteiger partial charge on any atom is -0.491 e.